The van der Waals surface area contributed by atoms with Crippen molar-refractivity contribution in [3.05, 3.63) is 42.5 Å². The summed E-state index contributed by atoms with van der Waals surface area (Å²) in [5.74, 6) is -0.410. The molecule has 7 heteroatoms. The molecule has 2 N–H and O–H groups in total. The third-order valence-corrected chi connectivity index (χ3v) is 3.86. The lowest BCUT2D eigenvalue weighted by molar-refractivity contribution is -0.274. The van der Waals surface area contributed by atoms with E-state index >= 15 is 0 Å². The molecule has 3 aromatic rings. The number of alkyl halides is 3. The second kappa shape index (κ2) is 4.92. The second-order valence-electron chi connectivity index (χ2n) is 4.29. The number of para-hydroxylation sites is 1. The fraction of sp³-hybridized carbons (Fsp3) is 0.0714. The van der Waals surface area contributed by atoms with E-state index in [1.807, 2.05) is 24.3 Å². The van der Waals surface area contributed by atoms with E-state index in [2.05, 4.69) is 9.72 Å². The number of fused-ring (bicyclic) bond motifs is 1. The van der Waals surface area contributed by atoms with Gasteiger partial charge in [-0.15, -0.1) is 24.5 Å². The van der Waals surface area contributed by atoms with Crippen LogP contribution < -0.4 is 10.5 Å². The van der Waals surface area contributed by atoms with Crippen LogP contribution in [0.1, 0.15) is 0 Å². The number of rotatable bonds is 2. The van der Waals surface area contributed by atoms with Gasteiger partial charge in [0.2, 0.25) is 0 Å². The molecule has 108 valence electrons. The summed E-state index contributed by atoms with van der Waals surface area (Å²) in [6.07, 6.45) is -4.76. The molecule has 3 nitrogen and oxygen atoms in total. The first-order valence-electron chi connectivity index (χ1n) is 5.93. The Balaban J connectivity index is 1.98. The Morgan fingerprint density at radius 2 is 1.86 bits per heavy atom. The molecule has 0 aliphatic rings. The van der Waals surface area contributed by atoms with Gasteiger partial charge < -0.3 is 10.5 Å². The molecule has 0 fully saturated rings. The molecule has 0 aliphatic heterocycles. The molecule has 0 aliphatic carbocycles. The number of nitrogens with two attached hydrogens (primary N) is 1. The van der Waals surface area contributed by atoms with Crippen LogP contribution in [0.4, 0.5) is 18.9 Å². The predicted octanol–water partition coefficient (Wildman–Crippen LogP) is 4.44. The van der Waals surface area contributed by atoms with E-state index in [9.17, 15) is 13.2 Å². The zero-order valence-corrected chi connectivity index (χ0v) is 11.3. The number of thiazole rings is 1. The summed E-state index contributed by atoms with van der Waals surface area (Å²) >= 11 is 1.45. The Hall–Kier alpha value is -2.28. The number of halogens is 3. The standard InChI is InChI=1S/C14H9F3N2OS/c15-14(16,17)20-11-6-5-8(7-9(11)18)13-19-10-3-1-2-4-12(10)21-13/h1-7H,18H2. The van der Waals surface area contributed by atoms with Crippen LogP contribution in [-0.4, -0.2) is 11.3 Å². The van der Waals surface area contributed by atoms with E-state index in [0.717, 1.165) is 10.2 Å². The van der Waals surface area contributed by atoms with Crippen LogP contribution in [0.3, 0.4) is 0 Å². The van der Waals surface area contributed by atoms with Crippen LogP contribution in [0.2, 0.25) is 0 Å². The van der Waals surface area contributed by atoms with Crippen LogP contribution in [-0.2, 0) is 0 Å². The van der Waals surface area contributed by atoms with Crippen molar-refractivity contribution >= 4 is 27.2 Å². The molecular formula is C14H9F3N2OS. The van der Waals surface area contributed by atoms with Gasteiger partial charge in [0, 0.05) is 5.56 Å². The van der Waals surface area contributed by atoms with E-state index in [4.69, 9.17) is 5.73 Å². The molecule has 0 atom stereocenters. The highest BCUT2D eigenvalue weighted by Gasteiger charge is 2.32. The summed E-state index contributed by atoms with van der Waals surface area (Å²) in [6.45, 7) is 0. The molecule has 2 aromatic carbocycles. The molecule has 3 rings (SSSR count). The minimum absolute atomic E-state index is 0.0796. The monoisotopic (exact) mass is 310 g/mol. The summed E-state index contributed by atoms with van der Waals surface area (Å²) in [4.78, 5) is 4.43. The van der Waals surface area contributed by atoms with Crippen molar-refractivity contribution in [2.24, 2.45) is 0 Å². The highest BCUT2D eigenvalue weighted by Crippen LogP contribution is 2.35. The molecule has 0 amide bonds. The van der Waals surface area contributed by atoms with Gasteiger partial charge in [-0.25, -0.2) is 4.98 Å². The zero-order valence-electron chi connectivity index (χ0n) is 10.5. The van der Waals surface area contributed by atoms with Gasteiger partial charge in [-0.3, -0.25) is 0 Å². The molecule has 0 saturated heterocycles. The highest BCUT2D eigenvalue weighted by molar-refractivity contribution is 7.21. The molecule has 0 spiro atoms. The lowest BCUT2D eigenvalue weighted by Crippen LogP contribution is -2.17. The SMILES string of the molecule is Nc1cc(-c2nc3ccccc3s2)ccc1OC(F)(F)F. The molecule has 0 unspecified atom stereocenters. The van der Waals surface area contributed by atoms with E-state index in [-0.39, 0.29) is 5.69 Å². The number of hydrogen-bond donors (Lipinski definition) is 1. The van der Waals surface area contributed by atoms with Crippen molar-refractivity contribution in [1.29, 1.82) is 0 Å². The average molecular weight is 310 g/mol. The Bertz CT molecular complexity index is 765. The first-order valence-corrected chi connectivity index (χ1v) is 6.75. The third-order valence-electron chi connectivity index (χ3n) is 2.78. The van der Waals surface area contributed by atoms with Gasteiger partial charge in [0.1, 0.15) is 5.01 Å². The minimum atomic E-state index is -4.76. The molecule has 0 radical (unpaired) electrons. The second-order valence-corrected chi connectivity index (χ2v) is 5.32. The fourth-order valence-electron chi connectivity index (χ4n) is 1.89. The number of ether oxygens (including phenoxy) is 1. The molecule has 21 heavy (non-hydrogen) atoms. The molecular weight excluding hydrogens is 301 g/mol. The van der Waals surface area contributed by atoms with Crippen molar-refractivity contribution in [1.82, 2.24) is 4.98 Å². The minimum Gasteiger partial charge on any atom is -0.404 e. The Morgan fingerprint density at radius 1 is 1.10 bits per heavy atom. The van der Waals surface area contributed by atoms with E-state index < -0.39 is 12.1 Å². The average Bonchev–Trinajstić information content (AvgIpc) is 2.83. The van der Waals surface area contributed by atoms with Crippen molar-refractivity contribution in [2.45, 2.75) is 6.36 Å². The quantitative estimate of drug-likeness (QED) is 0.712. The maximum absolute atomic E-state index is 12.2. The third kappa shape index (κ3) is 2.92. The van der Waals surface area contributed by atoms with Crippen LogP contribution in [0, 0.1) is 0 Å². The number of benzene rings is 2. The Morgan fingerprint density at radius 3 is 2.52 bits per heavy atom. The number of aromatic nitrogens is 1. The van der Waals surface area contributed by atoms with Crippen LogP contribution in [0.5, 0.6) is 5.75 Å². The first-order chi connectivity index (χ1) is 9.92. The maximum Gasteiger partial charge on any atom is 0.573 e. The summed E-state index contributed by atoms with van der Waals surface area (Å²) in [5, 5.41) is 0.696. The van der Waals surface area contributed by atoms with Crippen molar-refractivity contribution in [3.63, 3.8) is 0 Å². The molecule has 1 heterocycles. The molecule has 1 aromatic heterocycles. The summed E-state index contributed by atoms with van der Waals surface area (Å²) in [7, 11) is 0. The highest BCUT2D eigenvalue weighted by atomic mass is 32.1. The normalized spacial score (nSPS) is 11.8. The van der Waals surface area contributed by atoms with Crippen molar-refractivity contribution in [2.75, 3.05) is 5.73 Å². The van der Waals surface area contributed by atoms with Crippen LogP contribution >= 0.6 is 11.3 Å². The van der Waals surface area contributed by atoms with Gasteiger partial charge in [0.05, 0.1) is 15.9 Å². The zero-order chi connectivity index (χ0) is 15.0. The number of nitrogens with zero attached hydrogens (tertiary/aromatic N) is 1. The number of hydrogen-bond acceptors (Lipinski definition) is 4. The largest absolute Gasteiger partial charge is 0.573 e. The smallest absolute Gasteiger partial charge is 0.404 e. The fourth-order valence-corrected chi connectivity index (χ4v) is 2.86. The number of anilines is 1. The van der Waals surface area contributed by atoms with Crippen molar-refractivity contribution in [3.8, 4) is 16.3 Å². The van der Waals surface area contributed by atoms with Gasteiger partial charge >= 0.3 is 6.36 Å². The van der Waals surface area contributed by atoms with Crippen molar-refractivity contribution < 1.29 is 17.9 Å². The van der Waals surface area contributed by atoms with Gasteiger partial charge in [0.25, 0.3) is 0 Å². The number of nitrogen functional groups attached to an aromatic ring is 1. The predicted molar refractivity (Wildman–Crippen MR) is 76.2 cm³/mol. The topological polar surface area (TPSA) is 48.1 Å². The maximum atomic E-state index is 12.2. The van der Waals surface area contributed by atoms with E-state index in [1.54, 1.807) is 0 Å². The van der Waals surface area contributed by atoms with Gasteiger partial charge in [0.15, 0.2) is 5.75 Å². The Labute approximate surface area is 121 Å². The van der Waals surface area contributed by atoms with Gasteiger partial charge in [-0.1, -0.05) is 12.1 Å². The molecule has 0 saturated carbocycles. The summed E-state index contributed by atoms with van der Waals surface area (Å²) in [6, 6.07) is 11.7. The lowest BCUT2D eigenvalue weighted by Gasteiger charge is -2.11. The van der Waals surface area contributed by atoms with Crippen LogP contribution in [0.15, 0.2) is 42.5 Å². The molecule has 0 bridgehead atoms. The Kier molecular flexibility index (Phi) is 3.21. The van der Waals surface area contributed by atoms with E-state index in [1.165, 1.54) is 29.5 Å². The van der Waals surface area contributed by atoms with Gasteiger partial charge in [-0.2, -0.15) is 0 Å². The van der Waals surface area contributed by atoms with Gasteiger partial charge in [-0.05, 0) is 30.3 Å². The van der Waals surface area contributed by atoms with Crippen LogP contribution in [0.25, 0.3) is 20.8 Å². The first kappa shape index (κ1) is 13.7. The summed E-state index contributed by atoms with van der Waals surface area (Å²) in [5.41, 5.74) is 7.03. The summed E-state index contributed by atoms with van der Waals surface area (Å²) < 4.78 is 41.4. The van der Waals surface area contributed by atoms with E-state index in [0.29, 0.717) is 10.6 Å². The lowest BCUT2D eigenvalue weighted by atomic mass is 10.2.